The zero-order valence-electron chi connectivity index (χ0n) is 23.8. The SMILES string of the molecule is COC(=O)/C=C(/S/C=C(/c1ccccc1)N1CCn2c(C(=O)c3ccccc3)c(C(=O)OC)c(C(=O)OC)c21)C(=O)OC. The van der Waals surface area contributed by atoms with Crippen molar-refractivity contribution >= 4 is 52.9 Å². The number of hydrogen-bond acceptors (Lipinski definition) is 11. The summed E-state index contributed by atoms with van der Waals surface area (Å²) in [7, 11) is 4.71. The summed E-state index contributed by atoms with van der Waals surface area (Å²) in [6, 6.07) is 17.4. The molecule has 1 aromatic heterocycles. The second-order valence-electron chi connectivity index (χ2n) is 8.91. The molecule has 0 saturated heterocycles. The molecule has 43 heavy (non-hydrogen) atoms. The van der Waals surface area contributed by atoms with Crippen molar-refractivity contribution in [3.63, 3.8) is 0 Å². The number of methoxy groups -OCH3 is 4. The highest BCUT2D eigenvalue weighted by molar-refractivity contribution is 8.06. The average Bonchev–Trinajstić information content (AvgIpc) is 3.62. The van der Waals surface area contributed by atoms with Crippen molar-refractivity contribution < 1.29 is 42.9 Å². The van der Waals surface area contributed by atoms with Crippen LogP contribution >= 0.6 is 11.8 Å². The predicted molar refractivity (Wildman–Crippen MR) is 158 cm³/mol. The lowest BCUT2D eigenvalue weighted by molar-refractivity contribution is -0.137. The van der Waals surface area contributed by atoms with Gasteiger partial charge in [-0.1, -0.05) is 72.4 Å². The second-order valence-corrected chi connectivity index (χ2v) is 9.83. The van der Waals surface area contributed by atoms with Crippen molar-refractivity contribution in [1.82, 2.24) is 4.57 Å². The van der Waals surface area contributed by atoms with Gasteiger partial charge < -0.3 is 28.4 Å². The number of rotatable bonds is 10. The van der Waals surface area contributed by atoms with Crippen LogP contribution in [0.25, 0.3) is 5.70 Å². The number of carbonyl (C=O) groups excluding carboxylic acids is 5. The maximum absolute atomic E-state index is 13.9. The van der Waals surface area contributed by atoms with Gasteiger partial charge in [0.15, 0.2) is 0 Å². The second kappa shape index (κ2) is 13.7. The third-order valence-electron chi connectivity index (χ3n) is 6.56. The third-order valence-corrected chi connectivity index (χ3v) is 7.44. The summed E-state index contributed by atoms with van der Waals surface area (Å²) in [6.45, 7) is 0.506. The number of nitrogens with zero attached hydrogens (tertiary/aromatic N) is 2. The Hall–Kier alpha value is -5.10. The fourth-order valence-electron chi connectivity index (χ4n) is 4.63. The average molecular weight is 605 g/mol. The monoisotopic (exact) mass is 604 g/mol. The molecular weight excluding hydrogens is 576 g/mol. The lowest BCUT2D eigenvalue weighted by Crippen LogP contribution is -2.23. The van der Waals surface area contributed by atoms with Gasteiger partial charge in [0.05, 0.1) is 34.1 Å². The van der Waals surface area contributed by atoms with Gasteiger partial charge in [0.1, 0.15) is 27.5 Å². The van der Waals surface area contributed by atoms with Crippen LogP contribution in [0.2, 0.25) is 0 Å². The summed E-state index contributed by atoms with van der Waals surface area (Å²) in [5, 5.41) is 1.61. The molecule has 1 aliphatic heterocycles. The summed E-state index contributed by atoms with van der Waals surface area (Å²) in [6.07, 6.45) is 1.01. The lowest BCUT2D eigenvalue weighted by Gasteiger charge is -2.23. The van der Waals surface area contributed by atoms with Gasteiger partial charge in [-0.05, 0) is 5.56 Å². The molecule has 222 valence electrons. The quantitative estimate of drug-likeness (QED) is 0.144. The van der Waals surface area contributed by atoms with Crippen molar-refractivity contribution in [3.05, 3.63) is 105 Å². The number of ketones is 1. The van der Waals surface area contributed by atoms with E-state index in [0.717, 1.165) is 24.9 Å². The Labute approximate surface area is 251 Å². The Balaban J connectivity index is 1.97. The first kappa shape index (κ1) is 30.8. The molecule has 3 aromatic rings. The fraction of sp³-hybridized carbons (Fsp3) is 0.194. The van der Waals surface area contributed by atoms with Crippen LogP contribution in [0.3, 0.4) is 0 Å². The molecule has 0 aliphatic carbocycles. The van der Waals surface area contributed by atoms with E-state index in [1.165, 1.54) is 21.3 Å². The Morgan fingerprint density at radius 1 is 0.721 bits per heavy atom. The minimum atomic E-state index is -0.880. The van der Waals surface area contributed by atoms with Crippen molar-refractivity contribution in [2.75, 3.05) is 39.9 Å². The van der Waals surface area contributed by atoms with E-state index < -0.39 is 29.7 Å². The van der Waals surface area contributed by atoms with Crippen LogP contribution in [0.4, 0.5) is 5.82 Å². The standard InChI is InChI=1S/C31H28N2O9S/c1-39-23(34)17-22(29(36)40-2)43-18-21(19-11-7-5-8-12-19)32-15-16-33-26(27(35)20-13-9-6-10-14-20)24(30(37)41-3)25(28(32)33)31(38)42-4/h5-14,17-18H,15-16H2,1-4H3/b21-18-,22-17+. The number of aromatic nitrogens is 1. The number of benzene rings is 2. The van der Waals surface area contributed by atoms with E-state index in [-0.39, 0.29) is 40.6 Å². The Kier molecular flexibility index (Phi) is 9.83. The zero-order chi connectivity index (χ0) is 31.1. The Bertz CT molecular complexity index is 1630. The summed E-state index contributed by atoms with van der Waals surface area (Å²) >= 11 is 0.905. The minimum Gasteiger partial charge on any atom is -0.466 e. The van der Waals surface area contributed by atoms with Gasteiger partial charge in [0, 0.05) is 30.1 Å². The number of carbonyl (C=O) groups is 5. The minimum absolute atomic E-state index is 0.0168. The first-order chi connectivity index (χ1) is 20.8. The molecule has 1 aliphatic rings. The molecule has 0 saturated carbocycles. The maximum Gasteiger partial charge on any atom is 0.344 e. The van der Waals surface area contributed by atoms with Crippen LogP contribution in [-0.2, 0) is 35.1 Å². The highest BCUT2D eigenvalue weighted by Gasteiger charge is 2.41. The molecular formula is C31H28N2O9S. The topological polar surface area (TPSA) is 130 Å². The molecule has 0 fully saturated rings. The summed E-state index contributed by atoms with van der Waals surface area (Å²) < 4.78 is 21.2. The summed E-state index contributed by atoms with van der Waals surface area (Å²) in [4.78, 5) is 66.5. The van der Waals surface area contributed by atoms with E-state index in [9.17, 15) is 24.0 Å². The number of fused-ring (bicyclic) bond motifs is 1. The normalized spacial score (nSPS) is 12.8. The molecule has 4 rings (SSSR count). The number of esters is 4. The van der Waals surface area contributed by atoms with Gasteiger partial charge in [-0.2, -0.15) is 0 Å². The molecule has 0 amide bonds. The molecule has 0 atom stereocenters. The zero-order valence-corrected chi connectivity index (χ0v) is 24.6. The van der Waals surface area contributed by atoms with E-state index in [1.54, 1.807) is 57.3 Å². The summed E-state index contributed by atoms with van der Waals surface area (Å²) in [5.74, 6) is -3.48. The van der Waals surface area contributed by atoms with Crippen LogP contribution in [0.5, 0.6) is 0 Å². The van der Waals surface area contributed by atoms with Crippen LogP contribution in [0.15, 0.2) is 77.1 Å². The van der Waals surface area contributed by atoms with Gasteiger partial charge in [0.2, 0.25) is 5.78 Å². The van der Waals surface area contributed by atoms with Gasteiger partial charge in [-0.15, -0.1) is 0 Å². The van der Waals surface area contributed by atoms with Gasteiger partial charge in [0.25, 0.3) is 0 Å². The molecule has 0 radical (unpaired) electrons. The van der Waals surface area contributed by atoms with Crippen LogP contribution in [0.1, 0.15) is 42.3 Å². The Morgan fingerprint density at radius 2 is 1.30 bits per heavy atom. The molecule has 2 heterocycles. The van der Waals surface area contributed by atoms with E-state index in [4.69, 9.17) is 14.2 Å². The lowest BCUT2D eigenvalue weighted by atomic mass is 10.0. The first-order valence-electron chi connectivity index (χ1n) is 12.9. The van der Waals surface area contributed by atoms with E-state index in [0.29, 0.717) is 16.8 Å². The highest BCUT2D eigenvalue weighted by atomic mass is 32.2. The van der Waals surface area contributed by atoms with E-state index >= 15 is 0 Å². The molecule has 0 spiro atoms. The van der Waals surface area contributed by atoms with Gasteiger partial charge in [-0.3, -0.25) is 4.79 Å². The van der Waals surface area contributed by atoms with Crippen molar-refractivity contribution in [2.24, 2.45) is 0 Å². The molecule has 0 bridgehead atoms. The van der Waals surface area contributed by atoms with Gasteiger partial charge >= 0.3 is 23.9 Å². The first-order valence-corrected chi connectivity index (χ1v) is 13.8. The molecule has 11 nitrogen and oxygen atoms in total. The fourth-order valence-corrected chi connectivity index (χ4v) is 5.47. The third kappa shape index (κ3) is 6.24. The number of anilines is 1. The van der Waals surface area contributed by atoms with Crippen molar-refractivity contribution in [1.29, 1.82) is 0 Å². The Morgan fingerprint density at radius 3 is 1.86 bits per heavy atom. The predicted octanol–water partition coefficient (Wildman–Crippen LogP) is 4.07. The van der Waals surface area contributed by atoms with Crippen LogP contribution in [-0.4, -0.2) is 69.2 Å². The molecule has 0 unspecified atom stereocenters. The highest BCUT2D eigenvalue weighted by Crippen LogP contribution is 2.41. The molecule has 0 N–H and O–H groups in total. The van der Waals surface area contributed by atoms with Crippen LogP contribution < -0.4 is 4.90 Å². The summed E-state index contributed by atoms with van der Waals surface area (Å²) in [5.41, 5.74) is 1.12. The smallest absolute Gasteiger partial charge is 0.344 e. The van der Waals surface area contributed by atoms with Crippen molar-refractivity contribution in [2.45, 2.75) is 6.54 Å². The van der Waals surface area contributed by atoms with E-state index in [1.807, 2.05) is 18.2 Å². The van der Waals surface area contributed by atoms with Crippen LogP contribution in [0, 0.1) is 0 Å². The maximum atomic E-state index is 13.9. The molecule has 12 heteroatoms. The number of hydrogen-bond donors (Lipinski definition) is 0. The van der Waals surface area contributed by atoms with Crippen molar-refractivity contribution in [3.8, 4) is 0 Å². The largest absolute Gasteiger partial charge is 0.466 e. The number of ether oxygens (including phenoxy) is 4. The molecule has 2 aromatic carbocycles. The van der Waals surface area contributed by atoms with Gasteiger partial charge in [-0.25, -0.2) is 19.2 Å². The van der Waals surface area contributed by atoms with E-state index in [2.05, 4.69) is 4.74 Å². The number of thioether (sulfide) groups is 1.